The van der Waals surface area contributed by atoms with E-state index in [-0.39, 0.29) is 0 Å². The third-order valence-electron chi connectivity index (χ3n) is 5.06. The maximum absolute atomic E-state index is 6.31. The molecule has 2 aromatic carbocycles. The summed E-state index contributed by atoms with van der Waals surface area (Å²) in [4.78, 5) is 0. The van der Waals surface area contributed by atoms with E-state index in [1.54, 1.807) is 6.07 Å². The van der Waals surface area contributed by atoms with Gasteiger partial charge in [0.25, 0.3) is 0 Å². The van der Waals surface area contributed by atoms with Crippen molar-refractivity contribution < 1.29 is 25.3 Å². The minimum atomic E-state index is -0.466. The van der Waals surface area contributed by atoms with Crippen molar-refractivity contribution in [1.29, 1.82) is 0 Å². The average molecular weight is 364 g/mol. The molecule has 1 fully saturated rings. The Kier molecular flexibility index (Phi) is 3.49. The first kappa shape index (κ1) is 16.3. The van der Waals surface area contributed by atoms with E-state index in [2.05, 4.69) is 0 Å². The van der Waals surface area contributed by atoms with Crippen LogP contribution < -0.4 is 5.46 Å². The van der Waals surface area contributed by atoms with Gasteiger partial charge < -0.3 is 13.7 Å². The van der Waals surface area contributed by atoms with E-state index in [1.165, 1.54) is 0 Å². The zero-order valence-corrected chi connectivity index (χ0v) is 15.5. The van der Waals surface area contributed by atoms with Crippen LogP contribution in [0.1, 0.15) is 27.7 Å². The van der Waals surface area contributed by atoms with Gasteiger partial charge in [-0.25, -0.2) is 0 Å². The highest BCUT2D eigenvalue weighted by Gasteiger charge is 2.52. The second-order valence-electron chi connectivity index (χ2n) is 7.19. The van der Waals surface area contributed by atoms with Crippen LogP contribution in [0.2, 0.25) is 10.0 Å². The van der Waals surface area contributed by atoms with E-state index in [4.69, 9.17) is 36.9 Å². The van der Waals surface area contributed by atoms with Crippen LogP contribution in [0.25, 0.3) is 21.9 Å². The van der Waals surface area contributed by atoms with Gasteiger partial charge in [0.2, 0.25) is 5.02 Å². The molecule has 0 atom stereocenters. The monoisotopic (exact) mass is 363 g/mol. The normalized spacial score (nSPS) is 19.5. The van der Waals surface area contributed by atoms with Crippen LogP contribution in [-0.2, 0) is 9.31 Å². The fraction of sp³-hybridized carbons (Fsp3) is 0.333. The summed E-state index contributed by atoms with van der Waals surface area (Å²) < 4.78 is 18.4. The number of furan rings is 1. The first-order chi connectivity index (χ1) is 11.2. The predicted octanol–water partition coefficient (Wildman–Crippen LogP) is 4.23. The molecule has 1 aromatic heterocycles. The summed E-state index contributed by atoms with van der Waals surface area (Å²) in [5.74, 6) is 0. The molecular formula is C18H18BCl2O3+. The van der Waals surface area contributed by atoms with E-state index < -0.39 is 18.3 Å². The predicted molar refractivity (Wildman–Crippen MR) is 95.0 cm³/mol. The smallest absolute Gasteiger partial charge is 0.455 e. The molecule has 0 saturated carbocycles. The molecule has 3 aromatic rings. The van der Waals surface area contributed by atoms with Crippen LogP contribution in [0.15, 0.2) is 34.7 Å². The topological polar surface area (TPSA) is 31.6 Å². The van der Waals surface area contributed by atoms with Crippen molar-refractivity contribution in [3.8, 4) is 0 Å². The molecule has 124 valence electrons. The molecule has 0 amide bonds. The molecule has 0 spiro atoms. The van der Waals surface area contributed by atoms with Crippen molar-refractivity contribution in [2.45, 2.75) is 38.9 Å². The standard InChI is InChI=1S/C18H18BCl2O3/c1-17(2)18(3,4)24-19(23-17)12-6-5-7-14-15(12)11-8-10(20)9-13(21)16(11)22-14/h5-9,20H,1-4H3/q+1. The molecule has 3 nitrogen and oxygen atoms in total. The summed E-state index contributed by atoms with van der Waals surface area (Å²) in [6.07, 6.45) is 0. The molecule has 0 radical (unpaired) electrons. The highest BCUT2D eigenvalue weighted by atomic mass is 35.5. The summed E-state index contributed by atoms with van der Waals surface area (Å²) in [6, 6.07) is 9.51. The van der Waals surface area contributed by atoms with Crippen molar-refractivity contribution in [3.05, 3.63) is 40.4 Å². The van der Waals surface area contributed by atoms with E-state index >= 15 is 0 Å². The van der Waals surface area contributed by atoms with Gasteiger partial charge in [0.1, 0.15) is 5.58 Å². The van der Waals surface area contributed by atoms with E-state index in [9.17, 15) is 0 Å². The summed E-state index contributed by atoms with van der Waals surface area (Å²) in [5.41, 5.74) is 1.52. The highest BCUT2D eigenvalue weighted by molar-refractivity contribution is 6.66. The zero-order chi connectivity index (χ0) is 17.3. The Morgan fingerprint density at radius 1 is 1.04 bits per heavy atom. The van der Waals surface area contributed by atoms with Gasteiger partial charge in [0, 0.05) is 22.9 Å². The second kappa shape index (κ2) is 5.15. The summed E-state index contributed by atoms with van der Waals surface area (Å²) in [6.45, 7) is 8.16. The molecule has 0 aliphatic carbocycles. The second-order valence-corrected chi connectivity index (χ2v) is 8.07. The summed E-state index contributed by atoms with van der Waals surface area (Å²) in [5, 5.41) is 3.04. The van der Waals surface area contributed by atoms with Crippen LogP contribution >= 0.6 is 11.6 Å². The molecule has 0 bridgehead atoms. The van der Waals surface area contributed by atoms with E-state index in [1.807, 2.05) is 52.0 Å². The highest BCUT2D eigenvalue weighted by Crippen LogP contribution is 2.39. The molecule has 1 aliphatic rings. The number of hydrogen-bond acceptors (Lipinski definition) is 3. The van der Waals surface area contributed by atoms with Crippen LogP contribution in [0, 0.1) is 11.6 Å². The van der Waals surface area contributed by atoms with Gasteiger partial charge >= 0.3 is 7.12 Å². The lowest BCUT2D eigenvalue weighted by molar-refractivity contribution is -0.288. The number of halogens is 2. The van der Waals surface area contributed by atoms with E-state index in [0.717, 1.165) is 21.8 Å². The quantitative estimate of drug-likeness (QED) is 0.606. The van der Waals surface area contributed by atoms with Gasteiger partial charge in [0.15, 0.2) is 17.2 Å². The Balaban J connectivity index is 1.97. The number of rotatable bonds is 1. The van der Waals surface area contributed by atoms with Crippen LogP contribution in [-0.4, -0.2) is 18.3 Å². The minimum absolute atomic E-state index is 0.403. The van der Waals surface area contributed by atoms with Gasteiger partial charge in [-0.05, 0) is 39.2 Å². The van der Waals surface area contributed by atoms with Crippen LogP contribution in [0.4, 0.5) is 0 Å². The van der Waals surface area contributed by atoms with Crippen molar-refractivity contribution in [3.63, 3.8) is 0 Å². The average Bonchev–Trinajstić information content (AvgIpc) is 2.94. The molecule has 2 heterocycles. The lowest BCUT2D eigenvalue weighted by Gasteiger charge is -2.32. The molecule has 1 aliphatic heterocycles. The molecule has 4 rings (SSSR count). The van der Waals surface area contributed by atoms with Crippen LogP contribution in [0.3, 0.4) is 0 Å². The molecule has 0 unspecified atom stereocenters. The lowest BCUT2D eigenvalue weighted by Crippen LogP contribution is -2.41. The lowest BCUT2D eigenvalue weighted by atomic mass is 9.76. The minimum Gasteiger partial charge on any atom is -0.455 e. The number of hydrogen-bond donors (Lipinski definition) is 0. The van der Waals surface area contributed by atoms with Crippen molar-refractivity contribution in [2.75, 3.05) is 0 Å². The van der Waals surface area contributed by atoms with Gasteiger partial charge in [-0.15, -0.1) is 0 Å². The van der Waals surface area contributed by atoms with Gasteiger partial charge in [-0.3, -0.25) is 0 Å². The third-order valence-corrected chi connectivity index (χ3v) is 5.58. The first-order valence-corrected chi connectivity index (χ1v) is 8.65. The van der Waals surface area contributed by atoms with E-state index in [0.29, 0.717) is 15.6 Å². The SMILES string of the molecule is CC1(C)OB(c2cccc3oc4c(Cl)cc([ClH+])cc4c23)OC1(C)C. The maximum Gasteiger partial charge on any atom is 0.495 e. The Morgan fingerprint density at radius 2 is 1.71 bits per heavy atom. The fourth-order valence-electron chi connectivity index (χ4n) is 3.06. The van der Waals surface area contributed by atoms with Gasteiger partial charge in [0.05, 0.1) is 16.2 Å². The largest absolute Gasteiger partial charge is 0.495 e. The molecule has 6 heteroatoms. The zero-order valence-electron chi connectivity index (χ0n) is 14.0. The third kappa shape index (κ3) is 2.28. The first-order valence-electron chi connectivity index (χ1n) is 7.87. The van der Waals surface area contributed by atoms with Gasteiger partial charge in [-0.1, -0.05) is 23.7 Å². The van der Waals surface area contributed by atoms with Gasteiger partial charge in [-0.2, -0.15) is 0 Å². The molecule has 1 saturated heterocycles. The van der Waals surface area contributed by atoms with Crippen LogP contribution in [0.5, 0.6) is 0 Å². The van der Waals surface area contributed by atoms with Crippen molar-refractivity contribution in [1.82, 2.24) is 0 Å². The Morgan fingerprint density at radius 3 is 2.38 bits per heavy atom. The Hall–Kier alpha value is -1.20. The summed E-state index contributed by atoms with van der Waals surface area (Å²) in [7, 11) is -0.466. The Bertz CT molecular complexity index is 946. The molecular weight excluding hydrogens is 346 g/mol. The Labute approximate surface area is 150 Å². The van der Waals surface area contributed by atoms with Crippen molar-refractivity contribution >= 4 is 46.1 Å². The maximum atomic E-state index is 6.31. The molecule has 24 heavy (non-hydrogen) atoms. The van der Waals surface area contributed by atoms with Crippen molar-refractivity contribution in [2.24, 2.45) is 0 Å². The fourth-order valence-corrected chi connectivity index (χ4v) is 3.61. The summed E-state index contributed by atoms with van der Waals surface area (Å²) >= 11 is 11.6. The number of benzene rings is 2. The number of fused-ring (bicyclic) bond motifs is 3. The molecule has 0 N–H and O–H groups in total.